The van der Waals surface area contributed by atoms with E-state index in [4.69, 9.17) is 4.52 Å². The molecule has 0 unspecified atom stereocenters. The highest BCUT2D eigenvalue weighted by molar-refractivity contribution is 5.91. The maximum absolute atomic E-state index is 12.3. The van der Waals surface area contributed by atoms with Crippen LogP contribution in [0.4, 0.5) is 11.6 Å². The Bertz CT molecular complexity index is 718. The van der Waals surface area contributed by atoms with E-state index in [2.05, 4.69) is 37.1 Å². The first-order valence-electron chi connectivity index (χ1n) is 8.93. The molecule has 4 heterocycles. The van der Waals surface area contributed by atoms with Crippen molar-refractivity contribution in [3.8, 4) is 0 Å². The summed E-state index contributed by atoms with van der Waals surface area (Å²) in [7, 11) is 2.14. The van der Waals surface area contributed by atoms with Gasteiger partial charge < -0.3 is 24.1 Å². The molecule has 0 aliphatic carbocycles. The quantitative estimate of drug-likeness (QED) is 0.769. The highest BCUT2D eigenvalue weighted by Crippen LogP contribution is 2.18. The summed E-state index contributed by atoms with van der Waals surface area (Å²) in [5.74, 6) is 1.96. The molecule has 1 amide bonds. The number of nitrogens with zero attached hydrogens (tertiary/aromatic N) is 7. The Balaban J connectivity index is 1.34. The van der Waals surface area contributed by atoms with E-state index in [1.807, 2.05) is 12.1 Å². The van der Waals surface area contributed by atoms with Gasteiger partial charge in [-0.05, 0) is 19.2 Å². The molecule has 9 heteroatoms. The highest BCUT2D eigenvalue weighted by atomic mass is 16.5. The van der Waals surface area contributed by atoms with Crippen molar-refractivity contribution in [2.24, 2.45) is 0 Å². The standard InChI is InChI=1S/C17H23N7O2/c1-21-6-8-22(9-7-21)15-2-3-16(20-19-15)23-10-12-24(13-11-23)17(25)14-4-5-18-26-14/h2-5H,6-13H2,1H3. The molecule has 0 saturated carbocycles. The molecule has 0 aromatic carbocycles. The molecule has 2 aromatic heterocycles. The lowest BCUT2D eigenvalue weighted by Gasteiger charge is -2.35. The van der Waals surface area contributed by atoms with Crippen LogP contribution in [-0.4, -0.2) is 90.5 Å². The molecule has 4 rings (SSSR count). The van der Waals surface area contributed by atoms with Crippen LogP contribution in [0.3, 0.4) is 0 Å². The van der Waals surface area contributed by atoms with E-state index in [0.29, 0.717) is 13.1 Å². The molecule has 2 aliphatic heterocycles. The summed E-state index contributed by atoms with van der Waals surface area (Å²) >= 11 is 0. The van der Waals surface area contributed by atoms with E-state index in [1.54, 1.807) is 11.0 Å². The first-order valence-corrected chi connectivity index (χ1v) is 8.93. The molecule has 138 valence electrons. The van der Waals surface area contributed by atoms with Gasteiger partial charge in [0.15, 0.2) is 11.6 Å². The first-order chi connectivity index (χ1) is 12.7. The van der Waals surface area contributed by atoms with E-state index >= 15 is 0 Å². The Kier molecular flexibility index (Phi) is 4.70. The summed E-state index contributed by atoms with van der Waals surface area (Å²) in [5.41, 5.74) is 0. The average molecular weight is 357 g/mol. The predicted octanol–water partition coefficient (Wildman–Crippen LogP) is 0.179. The van der Waals surface area contributed by atoms with Crippen molar-refractivity contribution >= 4 is 17.5 Å². The SMILES string of the molecule is CN1CCN(c2ccc(N3CCN(C(=O)c4ccno4)CC3)nn2)CC1. The largest absolute Gasteiger partial charge is 0.353 e. The van der Waals surface area contributed by atoms with Gasteiger partial charge in [0.1, 0.15) is 0 Å². The van der Waals surface area contributed by atoms with Crippen molar-refractivity contribution in [3.05, 3.63) is 30.2 Å². The van der Waals surface area contributed by atoms with E-state index in [9.17, 15) is 4.79 Å². The van der Waals surface area contributed by atoms with Gasteiger partial charge in [0, 0.05) is 58.4 Å². The van der Waals surface area contributed by atoms with Gasteiger partial charge in [0.2, 0.25) is 5.76 Å². The Morgan fingerprint density at radius 1 is 0.885 bits per heavy atom. The lowest BCUT2D eigenvalue weighted by atomic mass is 10.2. The van der Waals surface area contributed by atoms with E-state index < -0.39 is 0 Å². The van der Waals surface area contributed by atoms with Crippen LogP contribution < -0.4 is 9.80 Å². The Morgan fingerprint density at radius 3 is 1.96 bits per heavy atom. The molecular weight excluding hydrogens is 334 g/mol. The Hall–Kier alpha value is -2.68. The smallest absolute Gasteiger partial charge is 0.292 e. The molecule has 26 heavy (non-hydrogen) atoms. The number of anilines is 2. The third kappa shape index (κ3) is 3.48. The Labute approximate surface area is 152 Å². The van der Waals surface area contributed by atoms with Crippen LogP contribution in [0.15, 0.2) is 28.9 Å². The number of carbonyl (C=O) groups excluding carboxylic acids is 1. The van der Waals surface area contributed by atoms with Gasteiger partial charge in [-0.15, -0.1) is 10.2 Å². The van der Waals surface area contributed by atoms with Crippen molar-refractivity contribution in [1.82, 2.24) is 25.2 Å². The van der Waals surface area contributed by atoms with Crippen LogP contribution in [0.5, 0.6) is 0 Å². The highest BCUT2D eigenvalue weighted by Gasteiger charge is 2.25. The fourth-order valence-electron chi connectivity index (χ4n) is 3.31. The van der Waals surface area contributed by atoms with Crippen LogP contribution in [0.2, 0.25) is 0 Å². The minimum Gasteiger partial charge on any atom is -0.353 e. The van der Waals surface area contributed by atoms with Gasteiger partial charge in [-0.1, -0.05) is 5.16 Å². The van der Waals surface area contributed by atoms with Gasteiger partial charge in [-0.25, -0.2) is 0 Å². The number of carbonyl (C=O) groups is 1. The Morgan fingerprint density at radius 2 is 1.46 bits per heavy atom. The van der Waals surface area contributed by atoms with Crippen molar-refractivity contribution in [2.45, 2.75) is 0 Å². The second-order valence-electron chi connectivity index (χ2n) is 6.70. The third-order valence-electron chi connectivity index (χ3n) is 5.00. The fourth-order valence-corrected chi connectivity index (χ4v) is 3.31. The van der Waals surface area contributed by atoms with Crippen LogP contribution in [0, 0.1) is 0 Å². The first kappa shape index (κ1) is 16.8. The van der Waals surface area contributed by atoms with Gasteiger partial charge in [-0.3, -0.25) is 4.79 Å². The lowest BCUT2D eigenvalue weighted by Crippen LogP contribution is -2.49. The summed E-state index contributed by atoms with van der Waals surface area (Å²) in [4.78, 5) is 20.8. The van der Waals surface area contributed by atoms with Crippen molar-refractivity contribution < 1.29 is 9.32 Å². The van der Waals surface area contributed by atoms with Gasteiger partial charge in [0.05, 0.1) is 6.20 Å². The predicted molar refractivity (Wildman–Crippen MR) is 96.4 cm³/mol. The second-order valence-corrected chi connectivity index (χ2v) is 6.70. The maximum atomic E-state index is 12.3. The van der Waals surface area contributed by atoms with Crippen LogP contribution in [0.1, 0.15) is 10.6 Å². The van der Waals surface area contributed by atoms with Gasteiger partial charge in [-0.2, -0.15) is 0 Å². The van der Waals surface area contributed by atoms with Gasteiger partial charge in [0.25, 0.3) is 5.91 Å². The summed E-state index contributed by atoms with van der Waals surface area (Å²) in [6.45, 7) is 6.75. The normalized spacial score (nSPS) is 19.0. The molecular formula is C17H23N7O2. The van der Waals surface area contributed by atoms with Crippen molar-refractivity contribution in [1.29, 1.82) is 0 Å². The molecule has 2 fully saturated rings. The molecule has 0 spiro atoms. The molecule has 0 radical (unpaired) electrons. The summed E-state index contributed by atoms with van der Waals surface area (Å²) in [6, 6.07) is 5.66. The molecule has 2 aliphatic rings. The molecule has 2 saturated heterocycles. The molecule has 9 nitrogen and oxygen atoms in total. The minimum atomic E-state index is -0.112. The minimum absolute atomic E-state index is 0.112. The maximum Gasteiger partial charge on any atom is 0.292 e. The number of aromatic nitrogens is 3. The topological polar surface area (TPSA) is 81.8 Å². The molecule has 0 N–H and O–H groups in total. The zero-order valence-electron chi connectivity index (χ0n) is 14.9. The fraction of sp³-hybridized carbons (Fsp3) is 0.529. The molecule has 0 atom stereocenters. The van der Waals surface area contributed by atoms with Crippen LogP contribution in [-0.2, 0) is 0 Å². The number of amides is 1. The lowest BCUT2D eigenvalue weighted by molar-refractivity contribution is 0.0704. The van der Waals surface area contributed by atoms with E-state index in [1.165, 1.54) is 6.20 Å². The van der Waals surface area contributed by atoms with Crippen LogP contribution >= 0.6 is 0 Å². The van der Waals surface area contributed by atoms with Crippen LogP contribution in [0.25, 0.3) is 0 Å². The number of rotatable bonds is 3. The van der Waals surface area contributed by atoms with E-state index in [0.717, 1.165) is 50.9 Å². The van der Waals surface area contributed by atoms with Crippen molar-refractivity contribution in [2.75, 3.05) is 69.2 Å². The monoisotopic (exact) mass is 357 g/mol. The summed E-state index contributed by atoms with van der Waals surface area (Å²) in [5, 5.41) is 12.4. The number of hydrogen-bond acceptors (Lipinski definition) is 8. The zero-order valence-corrected chi connectivity index (χ0v) is 14.9. The van der Waals surface area contributed by atoms with Gasteiger partial charge >= 0.3 is 0 Å². The third-order valence-corrected chi connectivity index (χ3v) is 5.00. The number of likely N-dealkylation sites (N-methyl/N-ethyl adjacent to an activating group) is 1. The zero-order chi connectivity index (χ0) is 17.9. The number of piperazine rings is 2. The second kappa shape index (κ2) is 7.28. The summed E-state index contributed by atoms with van der Waals surface area (Å²) < 4.78 is 4.95. The summed E-state index contributed by atoms with van der Waals surface area (Å²) in [6.07, 6.45) is 1.49. The molecule has 0 bridgehead atoms. The average Bonchev–Trinajstić information content (AvgIpc) is 3.23. The molecule has 2 aromatic rings. The van der Waals surface area contributed by atoms with E-state index in [-0.39, 0.29) is 11.7 Å². The van der Waals surface area contributed by atoms with Crippen molar-refractivity contribution in [3.63, 3.8) is 0 Å². The number of hydrogen-bond donors (Lipinski definition) is 0.